The zero-order valence-electron chi connectivity index (χ0n) is 17.7. The first-order valence-corrected chi connectivity index (χ1v) is 10.2. The summed E-state index contributed by atoms with van der Waals surface area (Å²) in [6, 6.07) is 5.74. The van der Waals surface area contributed by atoms with Crippen LogP contribution in [0.3, 0.4) is 0 Å². The first kappa shape index (κ1) is 21.4. The van der Waals surface area contributed by atoms with Crippen LogP contribution in [0, 0.1) is 19.7 Å². The molecule has 2 amide bonds. The maximum atomic E-state index is 13.5. The molecule has 0 atom stereocenters. The maximum absolute atomic E-state index is 13.5. The number of rotatable bonds is 6. The number of nitrogens with one attached hydrogen (secondary N) is 2. The molecule has 4 rings (SSSR count). The number of aromatic nitrogens is 3. The number of carbonyl (C=O) groups excluding carboxylic acids is 3. The first-order chi connectivity index (χ1) is 15.3. The Morgan fingerprint density at radius 3 is 2.72 bits per heavy atom. The van der Waals surface area contributed by atoms with E-state index in [1.807, 2.05) is 0 Å². The van der Waals surface area contributed by atoms with E-state index < -0.39 is 17.6 Å². The lowest BCUT2D eigenvalue weighted by Gasteiger charge is -2.18. The molecule has 9 nitrogen and oxygen atoms in total. The molecule has 0 saturated heterocycles. The van der Waals surface area contributed by atoms with Crippen molar-refractivity contribution in [3.8, 4) is 0 Å². The Hall–Kier alpha value is -3.82. The Morgan fingerprint density at radius 2 is 2.00 bits per heavy atom. The molecule has 1 aliphatic heterocycles. The van der Waals surface area contributed by atoms with Crippen LogP contribution in [0.25, 0.3) is 0 Å². The van der Waals surface area contributed by atoms with Gasteiger partial charge in [0, 0.05) is 17.9 Å². The Labute approximate surface area is 183 Å². The molecule has 2 aromatic heterocycles. The van der Waals surface area contributed by atoms with Gasteiger partial charge >= 0.3 is 0 Å². The fraction of sp³-hybridized carbons (Fsp3) is 0.318. The number of fused-ring (bicyclic) bond motifs is 1. The van der Waals surface area contributed by atoms with Crippen molar-refractivity contribution >= 4 is 23.3 Å². The van der Waals surface area contributed by atoms with Crippen LogP contribution in [-0.4, -0.2) is 32.3 Å². The molecule has 0 aliphatic carbocycles. The summed E-state index contributed by atoms with van der Waals surface area (Å²) in [5, 5.41) is 8.85. The van der Waals surface area contributed by atoms with Gasteiger partial charge in [0.2, 0.25) is 5.89 Å². The molecule has 3 heterocycles. The van der Waals surface area contributed by atoms with Gasteiger partial charge in [0.15, 0.2) is 5.82 Å². The van der Waals surface area contributed by atoms with Crippen LogP contribution in [0.15, 0.2) is 28.8 Å². The van der Waals surface area contributed by atoms with E-state index in [9.17, 15) is 18.8 Å². The number of anilines is 1. The molecule has 166 valence electrons. The standard InChI is InChI=1S/C22H22FN5O4/c1-12-9-14(6-7-16(12)23)26-21(30)15-10-18(28-8-4-3-5-17(15)28)20(29)22(31)24-11-19-25-13(2)27-32-19/h6-7,9-10H,3-5,8,11H2,1-2H3,(H,24,31)(H,26,30). The molecule has 0 fully saturated rings. The van der Waals surface area contributed by atoms with Crippen LogP contribution in [-0.2, 0) is 24.3 Å². The minimum Gasteiger partial charge on any atom is -0.341 e. The van der Waals surface area contributed by atoms with Crippen molar-refractivity contribution in [2.45, 2.75) is 46.2 Å². The topological polar surface area (TPSA) is 119 Å². The summed E-state index contributed by atoms with van der Waals surface area (Å²) in [4.78, 5) is 42.2. The molecule has 10 heteroatoms. The van der Waals surface area contributed by atoms with Gasteiger partial charge in [0.25, 0.3) is 17.6 Å². The molecule has 32 heavy (non-hydrogen) atoms. The number of halogens is 1. The van der Waals surface area contributed by atoms with Crippen molar-refractivity contribution in [3.63, 3.8) is 0 Å². The van der Waals surface area contributed by atoms with Gasteiger partial charge in [0.05, 0.1) is 17.8 Å². The van der Waals surface area contributed by atoms with E-state index in [1.54, 1.807) is 18.4 Å². The molecule has 1 aliphatic rings. The van der Waals surface area contributed by atoms with Gasteiger partial charge < -0.3 is 19.7 Å². The van der Waals surface area contributed by atoms with Crippen LogP contribution >= 0.6 is 0 Å². The summed E-state index contributed by atoms with van der Waals surface area (Å²) in [5.74, 6) is -1.74. The number of carbonyl (C=O) groups is 3. The highest BCUT2D eigenvalue weighted by Gasteiger charge is 2.28. The Balaban J connectivity index is 1.55. The van der Waals surface area contributed by atoms with Crippen molar-refractivity contribution in [1.29, 1.82) is 0 Å². The molecule has 0 unspecified atom stereocenters. The zero-order valence-corrected chi connectivity index (χ0v) is 17.7. The van der Waals surface area contributed by atoms with Gasteiger partial charge in [-0.25, -0.2) is 4.39 Å². The maximum Gasteiger partial charge on any atom is 0.294 e. The second-order valence-electron chi connectivity index (χ2n) is 7.66. The third-order valence-electron chi connectivity index (χ3n) is 5.32. The van der Waals surface area contributed by atoms with Crippen molar-refractivity contribution in [3.05, 3.63) is 64.3 Å². The second kappa shape index (κ2) is 8.74. The Bertz CT molecular complexity index is 1210. The number of Topliss-reactive ketones (excluding diaryl/α,β-unsaturated/α-hetero) is 1. The summed E-state index contributed by atoms with van der Waals surface area (Å²) in [6.45, 7) is 3.72. The largest absolute Gasteiger partial charge is 0.341 e. The number of hydrogen-bond donors (Lipinski definition) is 2. The highest BCUT2D eigenvalue weighted by molar-refractivity contribution is 6.42. The third-order valence-corrected chi connectivity index (χ3v) is 5.32. The number of hydrogen-bond acceptors (Lipinski definition) is 6. The molecule has 3 aromatic rings. The van der Waals surface area contributed by atoms with Gasteiger partial charge in [-0.05, 0) is 62.9 Å². The van der Waals surface area contributed by atoms with E-state index in [-0.39, 0.29) is 23.9 Å². The van der Waals surface area contributed by atoms with Gasteiger partial charge in [-0.2, -0.15) is 4.98 Å². The van der Waals surface area contributed by atoms with Gasteiger partial charge in [-0.3, -0.25) is 14.4 Å². The average molecular weight is 439 g/mol. The van der Waals surface area contributed by atoms with Gasteiger partial charge in [0.1, 0.15) is 5.82 Å². The van der Waals surface area contributed by atoms with Crippen molar-refractivity contribution in [1.82, 2.24) is 20.0 Å². The SMILES string of the molecule is Cc1noc(CNC(=O)C(=O)c2cc(C(=O)Nc3ccc(F)c(C)c3)c3n2CCCC3)n1. The monoisotopic (exact) mass is 439 g/mol. The molecule has 1 aromatic carbocycles. The Morgan fingerprint density at radius 1 is 1.19 bits per heavy atom. The van der Waals surface area contributed by atoms with Crippen LogP contribution in [0.4, 0.5) is 10.1 Å². The predicted molar refractivity (Wildman–Crippen MR) is 112 cm³/mol. The lowest BCUT2D eigenvalue weighted by Crippen LogP contribution is -2.32. The molecule has 0 saturated carbocycles. The summed E-state index contributed by atoms with van der Waals surface area (Å²) in [6.07, 6.45) is 2.32. The lowest BCUT2D eigenvalue weighted by atomic mass is 10.1. The van der Waals surface area contributed by atoms with Crippen LogP contribution in [0.1, 0.15) is 56.7 Å². The van der Waals surface area contributed by atoms with Crippen LogP contribution in [0.2, 0.25) is 0 Å². The molecule has 0 spiro atoms. The number of nitrogens with zero attached hydrogens (tertiary/aromatic N) is 3. The van der Waals surface area contributed by atoms with E-state index in [2.05, 4.69) is 20.8 Å². The second-order valence-corrected chi connectivity index (χ2v) is 7.66. The lowest BCUT2D eigenvalue weighted by molar-refractivity contribution is -0.117. The fourth-order valence-electron chi connectivity index (χ4n) is 3.75. The van der Waals surface area contributed by atoms with E-state index in [1.165, 1.54) is 24.3 Å². The molecular formula is C22H22FN5O4. The third kappa shape index (κ3) is 4.29. The summed E-state index contributed by atoms with van der Waals surface area (Å²) in [7, 11) is 0. The smallest absolute Gasteiger partial charge is 0.294 e. The summed E-state index contributed by atoms with van der Waals surface area (Å²) >= 11 is 0. The fourth-order valence-corrected chi connectivity index (χ4v) is 3.75. The highest BCUT2D eigenvalue weighted by atomic mass is 19.1. The van der Waals surface area contributed by atoms with Crippen molar-refractivity contribution < 1.29 is 23.3 Å². The van der Waals surface area contributed by atoms with E-state index in [4.69, 9.17) is 4.52 Å². The number of ketones is 1. The molecular weight excluding hydrogens is 417 g/mol. The average Bonchev–Trinajstić information content (AvgIpc) is 3.37. The number of amides is 2. The summed E-state index contributed by atoms with van der Waals surface area (Å²) in [5.41, 5.74) is 2.04. The van der Waals surface area contributed by atoms with Crippen LogP contribution in [0.5, 0.6) is 0 Å². The normalized spacial score (nSPS) is 12.8. The molecule has 0 bridgehead atoms. The molecule has 2 N–H and O–H groups in total. The molecule has 0 radical (unpaired) electrons. The van der Waals surface area contributed by atoms with Crippen molar-refractivity contribution in [2.75, 3.05) is 5.32 Å². The minimum atomic E-state index is -0.826. The number of aryl methyl sites for hydroxylation is 2. The highest BCUT2D eigenvalue weighted by Crippen LogP contribution is 2.25. The van der Waals surface area contributed by atoms with E-state index in [0.717, 1.165) is 12.8 Å². The van der Waals surface area contributed by atoms with Gasteiger partial charge in [-0.1, -0.05) is 5.16 Å². The first-order valence-electron chi connectivity index (χ1n) is 10.2. The van der Waals surface area contributed by atoms with Gasteiger partial charge in [-0.15, -0.1) is 0 Å². The van der Waals surface area contributed by atoms with Crippen molar-refractivity contribution in [2.24, 2.45) is 0 Å². The zero-order chi connectivity index (χ0) is 22.8. The van der Waals surface area contributed by atoms with E-state index >= 15 is 0 Å². The summed E-state index contributed by atoms with van der Waals surface area (Å²) < 4.78 is 20.2. The Kier molecular flexibility index (Phi) is 5.85. The van der Waals surface area contributed by atoms with E-state index in [0.29, 0.717) is 41.3 Å². The predicted octanol–water partition coefficient (Wildman–Crippen LogP) is 2.71. The quantitative estimate of drug-likeness (QED) is 0.450. The minimum absolute atomic E-state index is 0.0732. The number of benzene rings is 1. The van der Waals surface area contributed by atoms with Crippen LogP contribution < -0.4 is 10.6 Å².